The fourth-order valence-electron chi connectivity index (χ4n) is 1.43. The molecular weight excluding hydrogens is 317 g/mol. The Hall–Kier alpha value is -0.417. The van der Waals surface area contributed by atoms with E-state index in [-0.39, 0.29) is 17.1 Å². The molecule has 0 aliphatic carbocycles. The molecule has 0 saturated carbocycles. The molecule has 0 unspecified atom stereocenters. The zero-order valence-corrected chi connectivity index (χ0v) is 15.2. The van der Waals surface area contributed by atoms with Crippen LogP contribution in [0.15, 0.2) is 43.8 Å². The van der Waals surface area contributed by atoms with E-state index in [1.54, 1.807) is 0 Å². The fraction of sp³-hybridized carbons (Fsp3) is 0.556. The van der Waals surface area contributed by atoms with Crippen molar-refractivity contribution in [3.05, 3.63) is 43.8 Å². The van der Waals surface area contributed by atoms with Crippen LogP contribution in [0.25, 0.3) is 0 Å². The SMILES string of the molecule is CC/C(C)=C\C(=[CH]/[Ru]/[CH]=C(\C=C(\C)CC)CC)CC. The van der Waals surface area contributed by atoms with Gasteiger partial charge in [0.1, 0.15) is 0 Å². The fourth-order valence-corrected chi connectivity index (χ4v) is 3.31. The van der Waals surface area contributed by atoms with Crippen LogP contribution < -0.4 is 0 Å². The van der Waals surface area contributed by atoms with Gasteiger partial charge >= 0.3 is 128 Å². The number of hydrogen-bond donors (Lipinski definition) is 0. The summed E-state index contributed by atoms with van der Waals surface area (Å²) in [6.07, 6.45) is 9.32. The molecule has 19 heavy (non-hydrogen) atoms. The van der Waals surface area contributed by atoms with Crippen LogP contribution in [0.2, 0.25) is 0 Å². The summed E-state index contributed by atoms with van der Waals surface area (Å²) in [5.41, 5.74) is 5.96. The van der Waals surface area contributed by atoms with Crippen LogP contribution in [0.1, 0.15) is 67.2 Å². The van der Waals surface area contributed by atoms with E-state index in [0.29, 0.717) is 0 Å². The second-order valence-corrected chi connectivity index (χ2v) is 6.45. The molecular formula is C18H30Ru. The van der Waals surface area contributed by atoms with Crippen molar-refractivity contribution < 1.29 is 17.1 Å². The molecule has 0 saturated heterocycles. The molecule has 0 aromatic carbocycles. The molecule has 0 atom stereocenters. The molecule has 110 valence electrons. The minimum atomic E-state index is 0.227. The number of rotatable bonds is 8. The summed E-state index contributed by atoms with van der Waals surface area (Å²) in [6, 6.07) is 0. The summed E-state index contributed by atoms with van der Waals surface area (Å²) in [6.45, 7) is 13.4. The third-order valence-corrected chi connectivity index (χ3v) is 5.04. The van der Waals surface area contributed by atoms with Crippen molar-refractivity contribution in [1.82, 2.24) is 0 Å². The van der Waals surface area contributed by atoms with Gasteiger partial charge in [0.2, 0.25) is 0 Å². The van der Waals surface area contributed by atoms with Gasteiger partial charge in [-0.05, 0) is 0 Å². The zero-order valence-electron chi connectivity index (χ0n) is 13.5. The Morgan fingerprint density at radius 1 is 0.684 bits per heavy atom. The van der Waals surface area contributed by atoms with E-state index in [1.807, 2.05) is 0 Å². The summed E-state index contributed by atoms with van der Waals surface area (Å²) >= 11 is 0.227. The first kappa shape index (κ1) is 18.6. The molecule has 0 bridgehead atoms. The van der Waals surface area contributed by atoms with E-state index in [1.165, 1.54) is 22.3 Å². The molecule has 0 nitrogen and oxygen atoms in total. The van der Waals surface area contributed by atoms with Crippen LogP contribution in [0.3, 0.4) is 0 Å². The van der Waals surface area contributed by atoms with Crippen LogP contribution in [-0.2, 0) is 17.1 Å². The molecule has 0 aliphatic rings. The predicted octanol–water partition coefficient (Wildman–Crippen LogP) is 6.37. The zero-order chi connectivity index (χ0) is 14.7. The van der Waals surface area contributed by atoms with Crippen molar-refractivity contribution in [3.8, 4) is 0 Å². The first-order chi connectivity index (χ1) is 9.07. The van der Waals surface area contributed by atoms with Gasteiger partial charge in [0, 0.05) is 0 Å². The van der Waals surface area contributed by atoms with E-state index in [0.717, 1.165) is 25.7 Å². The summed E-state index contributed by atoms with van der Waals surface area (Å²) in [7, 11) is 0. The molecule has 0 rings (SSSR count). The van der Waals surface area contributed by atoms with Crippen LogP contribution in [0, 0.1) is 0 Å². The maximum atomic E-state index is 2.46. The van der Waals surface area contributed by atoms with Gasteiger partial charge in [0.15, 0.2) is 0 Å². The van der Waals surface area contributed by atoms with Crippen molar-refractivity contribution in [2.45, 2.75) is 67.2 Å². The Morgan fingerprint density at radius 3 is 1.32 bits per heavy atom. The van der Waals surface area contributed by atoms with Gasteiger partial charge < -0.3 is 0 Å². The van der Waals surface area contributed by atoms with E-state index in [2.05, 4.69) is 63.0 Å². The van der Waals surface area contributed by atoms with Crippen molar-refractivity contribution in [2.75, 3.05) is 0 Å². The summed E-state index contributed by atoms with van der Waals surface area (Å²) in [5, 5.41) is 0. The second kappa shape index (κ2) is 11.4. The van der Waals surface area contributed by atoms with Crippen LogP contribution >= 0.6 is 0 Å². The third-order valence-electron chi connectivity index (χ3n) is 3.18. The second-order valence-electron chi connectivity index (χ2n) is 4.87. The molecule has 0 spiro atoms. The van der Waals surface area contributed by atoms with E-state index in [9.17, 15) is 0 Å². The van der Waals surface area contributed by atoms with Gasteiger partial charge in [-0.1, -0.05) is 0 Å². The van der Waals surface area contributed by atoms with Gasteiger partial charge in [-0.25, -0.2) is 0 Å². The molecule has 0 fully saturated rings. The average Bonchev–Trinajstić information content (AvgIpc) is 2.44. The third kappa shape index (κ3) is 9.17. The Morgan fingerprint density at radius 2 is 1.05 bits per heavy atom. The standard InChI is InChI=1S/2C9H15.Ru/c2*1-5-8(3)7-9(4)6-2;/h2*3,7H,5-6H2,1-2,4H3;/b2*8-3?,9-7-;. The predicted molar refractivity (Wildman–Crippen MR) is 84.8 cm³/mol. The molecule has 0 aliphatic heterocycles. The monoisotopic (exact) mass is 348 g/mol. The molecule has 0 aromatic heterocycles. The van der Waals surface area contributed by atoms with Crippen LogP contribution in [0.4, 0.5) is 0 Å². The summed E-state index contributed by atoms with van der Waals surface area (Å²) in [4.78, 5) is 0. The van der Waals surface area contributed by atoms with E-state index >= 15 is 0 Å². The van der Waals surface area contributed by atoms with E-state index in [4.69, 9.17) is 0 Å². The van der Waals surface area contributed by atoms with Crippen LogP contribution in [0.5, 0.6) is 0 Å². The van der Waals surface area contributed by atoms with Crippen molar-refractivity contribution in [2.24, 2.45) is 0 Å². The van der Waals surface area contributed by atoms with Gasteiger partial charge in [-0.15, -0.1) is 0 Å². The first-order valence-corrected chi connectivity index (χ1v) is 9.39. The van der Waals surface area contributed by atoms with Crippen molar-refractivity contribution in [1.29, 1.82) is 0 Å². The number of hydrogen-bond acceptors (Lipinski definition) is 0. The maximum absolute atomic E-state index is 2.46. The van der Waals surface area contributed by atoms with Gasteiger partial charge in [0.05, 0.1) is 0 Å². The Bertz CT molecular complexity index is 331. The minimum absolute atomic E-state index is 0.227. The van der Waals surface area contributed by atoms with Crippen molar-refractivity contribution in [3.63, 3.8) is 0 Å². The van der Waals surface area contributed by atoms with Crippen LogP contribution in [-0.4, -0.2) is 0 Å². The van der Waals surface area contributed by atoms with Gasteiger partial charge in [-0.3, -0.25) is 0 Å². The molecule has 0 N–H and O–H groups in total. The van der Waals surface area contributed by atoms with E-state index < -0.39 is 0 Å². The normalized spacial score (nSPS) is 15.3. The molecule has 0 aromatic rings. The topological polar surface area (TPSA) is 0 Å². The quantitative estimate of drug-likeness (QED) is 0.353. The summed E-state index contributed by atoms with van der Waals surface area (Å²) < 4.78 is 4.91. The van der Waals surface area contributed by atoms with Gasteiger partial charge in [0.25, 0.3) is 0 Å². The molecule has 0 heterocycles. The molecule has 0 radical (unpaired) electrons. The Balaban J connectivity index is 4.74. The average molecular weight is 348 g/mol. The molecule has 1 heteroatoms. The molecule has 0 amide bonds. The Labute approximate surface area is 128 Å². The number of allylic oxidation sites excluding steroid dienone is 6. The van der Waals surface area contributed by atoms with Gasteiger partial charge in [-0.2, -0.15) is 0 Å². The van der Waals surface area contributed by atoms with Crippen molar-refractivity contribution >= 4 is 0 Å². The Kier molecular flexibility index (Phi) is 11.2. The summed E-state index contributed by atoms with van der Waals surface area (Å²) in [5.74, 6) is 0. The first-order valence-electron chi connectivity index (χ1n) is 7.38.